The van der Waals surface area contributed by atoms with Gasteiger partial charge < -0.3 is 14.4 Å². The third-order valence-electron chi connectivity index (χ3n) is 3.12. The molecule has 0 saturated carbocycles. The number of aryl methyl sites for hydroxylation is 1. The lowest BCUT2D eigenvalue weighted by Gasteiger charge is -2.13. The summed E-state index contributed by atoms with van der Waals surface area (Å²) in [5, 5.41) is 0.746. The summed E-state index contributed by atoms with van der Waals surface area (Å²) in [6.45, 7) is 2.61. The minimum absolute atomic E-state index is 0.255. The van der Waals surface area contributed by atoms with Gasteiger partial charge in [-0.05, 0) is 44.6 Å². The summed E-state index contributed by atoms with van der Waals surface area (Å²) in [6, 6.07) is 3.66. The fourth-order valence-electron chi connectivity index (χ4n) is 2.14. The summed E-state index contributed by atoms with van der Waals surface area (Å²) in [7, 11) is -0.618. The van der Waals surface area contributed by atoms with E-state index in [0.717, 1.165) is 29.4 Å². The lowest BCUT2D eigenvalue weighted by molar-refractivity contribution is 0.283. The molecule has 0 amide bonds. The molecule has 0 atom stereocenters. The first kappa shape index (κ1) is 15.1. The Balaban J connectivity index is 2.50. The summed E-state index contributed by atoms with van der Waals surface area (Å²) in [6.07, 6.45) is 2.63. The number of phosphoric ester groups is 1. The van der Waals surface area contributed by atoms with E-state index < -0.39 is 7.82 Å². The number of phosphoric acid groups is 1. The Bertz CT molecular complexity index is 660. The van der Waals surface area contributed by atoms with Gasteiger partial charge >= 0.3 is 7.82 Å². The predicted octanol–water partition coefficient (Wildman–Crippen LogP) is 2.05. The maximum absolute atomic E-state index is 11.1. The van der Waals surface area contributed by atoms with Gasteiger partial charge in [0.05, 0.1) is 0 Å². The van der Waals surface area contributed by atoms with Gasteiger partial charge in [0.1, 0.15) is 5.75 Å². The predicted molar refractivity (Wildman–Crippen MR) is 78.0 cm³/mol. The van der Waals surface area contributed by atoms with Crippen LogP contribution >= 0.6 is 7.82 Å². The van der Waals surface area contributed by atoms with E-state index in [-0.39, 0.29) is 5.75 Å². The molecule has 110 valence electrons. The summed E-state index contributed by atoms with van der Waals surface area (Å²) in [5.41, 5.74) is 2.50. The average molecular weight is 298 g/mol. The fraction of sp³-hybridized carbons (Fsp3) is 0.385. The Kier molecular flexibility index (Phi) is 4.20. The fourth-order valence-corrected chi connectivity index (χ4v) is 2.61. The van der Waals surface area contributed by atoms with Crippen molar-refractivity contribution < 1.29 is 18.9 Å². The van der Waals surface area contributed by atoms with E-state index >= 15 is 0 Å². The molecule has 3 N–H and O–H groups in total. The third kappa shape index (κ3) is 3.41. The number of nitrogens with one attached hydrogen (secondary N) is 1. The van der Waals surface area contributed by atoms with Gasteiger partial charge in [-0.15, -0.1) is 0 Å². The van der Waals surface area contributed by atoms with Crippen molar-refractivity contribution >= 4 is 18.7 Å². The van der Waals surface area contributed by atoms with Crippen molar-refractivity contribution in [2.45, 2.75) is 13.3 Å². The lowest BCUT2D eigenvalue weighted by Crippen LogP contribution is -2.14. The minimum Gasteiger partial charge on any atom is -0.403 e. The van der Waals surface area contributed by atoms with Crippen LogP contribution in [-0.4, -0.2) is 40.3 Å². The number of likely N-dealkylation sites (N-methyl/N-ethyl adjacent to an activating group) is 1. The van der Waals surface area contributed by atoms with Crippen molar-refractivity contribution in [1.29, 1.82) is 0 Å². The number of fused-ring (bicyclic) bond motifs is 1. The van der Waals surface area contributed by atoms with E-state index in [1.807, 2.05) is 26.4 Å². The highest BCUT2D eigenvalue weighted by Gasteiger charge is 2.21. The second-order valence-corrected chi connectivity index (χ2v) is 6.25. The van der Waals surface area contributed by atoms with Crippen LogP contribution in [0.1, 0.15) is 11.1 Å². The zero-order valence-corrected chi connectivity index (χ0v) is 12.6. The number of aromatic nitrogens is 1. The van der Waals surface area contributed by atoms with Crippen LogP contribution < -0.4 is 4.52 Å². The Hall–Kier alpha value is -1.33. The molecule has 0 spiro atoms. The highest BCUT2D eigenvalue weighted by atomic mass is 31.2. The molecule has 20 heavy (non-hydrogen) atoms. The van der Waals surface area contributed by atoms with Crippen molar-refractivity contribution in [2.75, 3.05) is 20.6 Å². The molecular weight excluding hydrogens is 279 g/mol. The van der Waals surface area contributed by atoms with E-state index in [0.29, 0.717) is 5.56 Å². The van der Waals surface area contributed by atoms with Gasteiger partial charge in [0.25, 0.3) is 0 Å². The highest BCUT2D eigenvalue weighted by Crippen LogP contribution is 2.43. The lowest BCUT2D eigenvalue weighted by atomic mass is 10.1. The molecule has 1 heterocycles. The molecule has 0 aliphatic heterocycles. The molecular formula is C13H19N2O4P. The zero-order chi connectivity index (χ0) is 14.9. The second kappa shape index (κ2) is 5.58. The van der Waals surface area contributed by atoms with E-state index in [1.165, 1.54) is 0 Å². The Morgan fingerprint density at radius 2 is 2.05 bits per heavy atom. The SMILES string of the molecule is Cc1ccc2[nH]cc(CCN(C)C)c2c1OP(=O)(O)O. The van der Waals surface area contributed by atoms with Gasteiger partial charge in [0, 0.05) is 23.6 Å². The van der Waals surface area contributed by atoms with E-state index in [9.17, 15) is 4.57 Å². The number of nitrogens with zero attached hydrogens (tertiary/aromatic N) is 1. The number of hydrogen-bond acceptors (Lipinski definition) is 3. The van der Waals surface area contributed by atoms with Gasteiger partial charge in [-0.25, -0.2) is 4.57 Å². The van der Waals surface area contributed by atoms with Gasteiger partial charge in [-0.2, -0.15) is 0 Å². The topological polar surface area (TPSA) is 85.8 Å². The normalized spacial score (nSPS) is 12.3. The molecule has 0 radical (unpaired) electrons. The molecule has 0 unspecified atom stereocenters. The number of benzene rings is 1. The second-order valence-electron chi connectivity index (χ2n) is 5.08. The standard InChI is InChI=1S/C13H19N2O4P/c1-9-4-5-11-12(13(9)19-20(16,17)18)10(8-14-11)6-7-15(2)3/h4-5,8,14H,6-7H2,1-3H3,(H2,16,17,18). The van der Waals surface area contributed by atoms with Crippen molar-refractivity contribution in [1.82, 2.24) is 9.88 Å². The van der Waals surface area contributed by atoms with Crippen LogP contribution in [0.25, 0.3) is 10.9 Å². The number of H-pyrrole nitrogens is 1. The maximum atomic E-state index is 11.1. The summed E-state index contributed by atoms with van der Waals surface area (Å²) in [4.78, 5) is 23.3. The molecule has 6 nitrogen and oxygen atoms in total. The monoisotopic (exact) mass is 298 g/mol. The Morgan fingerprint density at radius 3 is 2.65 bits per heavy atom. The van der Waals surface area contributed by atoms with Gasteiger partial charge in [0.2, 0.25) is 0 Å². The quantitative estimate of drug-likeness (QED) is 0.736. The van der Waals surface area contributed by atoms with E-state index in [1.54, 1.807) is 13.0 Å². The van der Waals surface area contributed by atoms with Crippen LogP contribution in [0.2, 0.25) is 0 Å². The van der Waals surface area contributed by atoms with Crippen LogP contribution in [-0.2, 0) is 11.0 Å². The molecule has 0 aliphatic carbocycles. The van der Waals surface area contributed by atoms with Crippen LogP contribution in [0.3, 0.4) is 0 Å². The number of hydrogen-bond donors (Lipinski definition) is 3. The molecule has 2 aromatic rings. The van der Waals surface area contributed by atoms with E-state index in [2.05, 4.69) is 9.88 Å². The van der Waals surface area contributed by atoms with Crippen LogP contribution in [0, 0.1) is 6.92 Å². The molecule has 0 saturated heterocycles. The molecule has 2 rings (SSSR count). The summed E-state index contributed by atoms with van der Waals surface area (Å²) < 4.78 is 16.0. The zero-order valence-electron chi connectivity index (χ0n) is 11.8. The first-order valence-corrected chi connectivity index (χ1v) is 7.80. The highest BCUT2D eigenvalue weighted by molar-refractivity contribution is 7.46. The molecule has 0 bridgehead atoms. The smallest absolute Gasteiger partial charge is 0.403 e. The maximum Gasteiger partial charge on any atom is 0.524 e. The van der Waals surface area contributed by atoms with Gasteiger partial charge in [0.15, 0.2) is 0 Å². The Morgan fingerprint density at radius 1 is 1.35 bits per heavy atom. The largest absolute Gasteiger partial charge is 0.524 e. The molecule has 1 aromatic heterocycles. The van der Waals surface area contributed by atoms with Crippen molar-refractivity contribution in [3.63, 3.8) is 0 Å². The summed E-state index contributed by atoms with van der Waals surface area (Å²) in [5.74, 6) is 0.255. The van der Waals surface area contributed by atoms with Crippen molar-refractivity contribution in [3.8, 4) is 5.75 Å². The molecule has 1 aromatic carbocycles. The third-order valence-corrected chi connectivity index (χ3v) is 3.54. The molecule has 0 aliphatic rings. The average Bonchev–Trinajstić information content (AvgIpc) is 2.72. The molecule has 0 fully saturated rings. The van der Waals surface area contributed by atoms with Crippen molar-refractivity contribution in [2.24, 2.45) is 0 Å². The first-order chi connectivity index (χ1) is 9.28. The van der Waals surface area contributed by atoms with Crippen LogP contribution in [0.5, 0.6) is 5.75 Å². The van der Waals surface area contributed by atoms with Gasteiger partial charge in [-0.1, -0.05) is 6.07 Å². The summed E-state index contributed by atoms with van der Waals surface area (Å²) >= 11 is 0. The van der Waals surface area contributed by atoms with Crippen LogP contribution in [0.4, 0.5) is 0 Å². The number of rotatable bonds is 5. The number of aromatic amines is 1. The van der Waals surface area contributed by atoms with Crippen molar-refractivity contribution in [3.05, 3.63) is 29.5 Å². The first-order valence-electron chi connectivity index (χ1n) is 6.27. The van der Waals surface area contributed by atoms with Crippen LogP contribution in [0.15, 0.2) is 18.3 Å². The Labute approximate surface area is 117 Å². The van der Waals surface area contributed by atoms with Gasteiger partial charge in [-0.3, -0.25) is 9.79 Å². The minimum atomic E-state index is -4.58. The molecule has 7 heteroatoms. The van der Waals surface area contributed by atoms with E-state index in [4.69, 9.17) is 14.3 Å².